The van der Waals surface area contributed by atoms with E-state index in [9.17, 15) is 4.79 Å². The molecule has 1 amide bonds. The van der Waals surface area contributed by atoms with Crippen molar-refractivity contribution in [2.24, 2.45) is 0 Å². The first-order valence-electron chi connectivity index (χ1n) is 7.69. The van der Waals surface area contributed by atoms with Crippen molar-refractivity contribution in [2.45, 2.75) is 45.6 Å². The van der Waals surface area contributed by atoms with Gasteiger partial charge in [-0.25, -0.2) is 0 Å². The quantitative estimate of drug-likeness (QED) is 0.749. The molecule has 1 atom stereocenters. The van der Waals surface area contributed by atoms with E-state index in [0.29, 0.717) is 18.8 Å². The number of carbonyl (C=O) groups excluding carboxylic acids is 1. The molecule has 1 rings (SSSR count). The Morgan fingerprint density at radius 3 is 2.52 bits per heavy atom. The molecule has 0 aliphatic rings. The van der Waals surface area contributed by atoms with Crippen LogP contribution in [0.15, 0.2) is 24.3 Å². The number of nitrogens with zero attached hydrogens (tertiary/aromatic N) is 1. The highest BCUT2D eigenvalue weighted by molar-refractivity contribution is 5.84. The summed E-state index contributed by atoms with van der Waals surface area (Å²) in [5, 5.41) is 0. The van der Waals surface area contributed by atoms with Gasteiger partial charge in [-0.05, 0) is 37.5 Å². The van der Waals surface area contributed by atoms with Gasteiger partial charge >= 0.3 is 0 Å². The molecule has 118 valence electrons. The number of nitrogens with two attached hydrogens (primary N) is 1. The largest absolute Gasteiger partial charge is 0.399 e. The van der Waals surface area contributed by atoms with E-state index in [0.717, 1.165) is 18.4 Å². The maximum atomic E-state index is 12.8. The lowest BCUT2D eigenvalue weighted by molar-refractivity contribution is -0.135. The zero-order chi connectivity index (χ0) is 15.8. The van der Waals surface area contributed by atoms with Gasteiger partial charge in [-0.1, -0.05) is 26.0 Å². The summed E-state index contributed by atoms with van der Waals surface area (Å²) >= 11 is 0. The number of anilines is 1. The summed E-state index contributed by atoms with van der Waals surface area (Å²) in [6.07, 6.45) is 1.91. The highest BCUT2D eigenvalue weighted by Crippen LogP contribution is 2.22. The Labute approximate surface area is 128 Å². The standard InChI is InChI=1S/C17H28N2O2/c1-5-16(6-2)19(10-11-21-4)17(20)13(3)14-8-7-9-15(18)12-14/h7-9,12-13,16H,5-6,10-11,18H2,1-4H3. The molecular formula is C17H28N2O2. The second-order valence-corrected chi connectivity index (χ2v) is 5.39. The lowest BCUT2D eigenvalue weighted by atomic mass is 9.97. The average Bonchev–Trinajstić information content (AvgIpc) is 2.50. The number of hydrogen-bond donors (Lipinski definition) is 1. The number of hydrogen-bond acceptors (Lipinski definition) is 3. The molecule has 0 bridgehead atoms. The fourth-order valence-corrected chi connectivity index (χ4v) is 2.61. The molecule has 0 aromatic heterocycles. The van der Waals surface area contributed by atoms with Crippen molar-refractivity contribution in [1.29, 1.82) is 0 Å². The Morgan fingerprint density at radius 2 is 2.00 bits per heavy atom. The van der Waals surface area contributed by atoms with Gasteiger partial charge in [0.05, 0.1) is 12.5 Å². The van der Waals surface area contributed by atoms with Gasteiger partial charge in [0.1, 0.15) is 0 Å². The van der Waals surface area contributed by atoms with Gasteiger partial charge in [-0.2, -0.15) is 0 Å². The van der Waals surface area contributed by atoms with E-state index in [-0.39, 0.29) is 17.9 Å². The maximum absolute atomic E-state index is 12.8. The molecule has 0 aliphatic carbocycles. The van der Waals surface area contributed by atoms with E-state index in [2.05, 4.69) is 13.8 Å². The monoisotopic (exact) mass is 292 g/mol. The number of benzene rings is 1. The zero-order valence-electron chi connectivity index (χ0n) is 13.6. The van der Waals surface area contributed by atoms with Crippen molar-refractivity contribution in [2.75, 3.05) is 26.0 Å². The molecule has 0 spiro atoms. The first kappa shape index (κ1) is 17.5. The SMILES string of the molecule is CCC(CC)N(CCOC)C(=O)C(C)c1cccc(N)c1. The first-order valence-corrected chi connectivity index (χ1v) is 7.69. The Balaban J connectivity index is 2.92. The summed E-state index contributed by atoms with van der Waals surface area (Å²) in [6.45, 7) is 7.37. The molecule has 4 nitrogen and oxygen atoms in total. The number of carbonyl (C=O) groups is 1. The minimum Gasteiger partial charge on any atom is -0.399 e. The Kier molecular flexibility index (Phi) is 7.23. The third kappa shape index (κ3) is 4.74. The van der Waals surface area contributed by atoms with E-state index >= 15 is 0 Å². The molecule has 0 radical (unpaired) electrons. The molecule has 0 saturated heterocycles. The van der Waals surface area contributed by atoms with Gasteiger partial charge in [0.25, 0.3) is 0 Å². The summed E-state index contributed by atoms with van der Waals surface area (Å²) in [6, 6.07) is 7.83. The van der Waals surface area contributed by atoms with Crippen LogP contribution in [0.1, 0.15) is 45.1 Å². The summed E-state index contributed by atoms with van der Waals surface area (Å²) in [4.78, 5) is 14.8. The third-order valence-corrected chi connectivity index (χ3v) is 3.98. The van der Waals surface area contributed by atoms with Gasteiger partial charge in [0.2, 0.25) is 5.91 Å². The minimum atomic E-state index is -0.189. The zero-order valence-corrected chi connectivity index (χ0v) is 13.6. The third-order valence-electron chi connectivity index (χ3n) is 3.98. The van der Waals surface area contributed by atoms with Crippen LogP contribution in [0.25, 0.3) is 0 Å². The lowest BCUT2D eigenvalue weighted by Gasteiger charge is -2.32. The molecule has 0 saturated carbocycles. The van der Waals surface area contributed by atoms with Crippen molar-refractivity contribution in [3.63, 3.8) is 0 Å². The van der Waals surface area contributed by atoms with Crippen molar-refractivity contribution < 1.29 is 9.53 Å². The van der Waals surface area contributed by atoms with Crippen molar-refractivity contribution >= 4 is 11.6 Å². The van der Waals surface area contributed by atoms with Gasteiger partial charge < -0.3 is 15.4 Å². The number of methoxy groups -OCH3 is 1. The van der Waals surface area contributed by atoms with Crippen LogP contribution in [0, 0.1) is 0 Å². The first-order chi connectivity index (χ1) is 10.0. The van der Waals surface area contributed by atoms with E-state index in [1.807, 2.05) is 36.1 Å². The molecule has 4 heteroatoms. The predicted octanol–water partition coefficient (Wildman–Crippen LogP) is 3.04. The molecule has 1 aromatic rings. The second kappa shape index (κ2) is 8.67. The van der Waals surface area contributed by atoms with Crippen LogP contribution < -0.4 is 5.73 Å². The average molecular weight is 292 g/mol. The fourth-order valence-electron chi connectivity index (χ4n) is 2.61. The number of ether oxygens (including phenoxy) is 1. The number of amides is 1. The van der Waals surface area contributed by atoms with E-state index < -0.39 is 0 Å². The summed E-state index contributed by atoms with van der Waals surface area (Å²) in [7, 11) is 1.66. The van der Waals surface area contributed by atoms with Crippen LogP contribution in [0.2, 0.25) is 0 Å². The highest BCUT2D eigenvalue weighted by Gasteiger charge is 2.26. The smallest absolute Gasteiger partial charge is 0.230 e. The van der Waals surface area contributed by atoms with Crippen LogP contribution in [0.5, 0.6) is 0 Å². The fraction of sp³-hybridized carbons (Fsp3) is 0.588. The van der Waals surface area contributed by atoms with Crippen molar-refractivity contribution in [3.8, 4) is 0 Å². The maximum Gasteiger partial charge on any atom is 0.230 e. The summed E-state index contributed by atoms with van der Waals surface area (Å²) < 4.78 is 5.15. The number of rotatable bonds is 8. The number of nitrogen functional groups attached to an aromatic ring is 1. The lowest BCUT2D eigenvalue weighted by Crippen LogP contribution is -2.43. The van der Waals surface area contributed by atoms with Crippen LogP contribution in [0.4, 0.5) is 5.69 Å². The van der Waals surface area contributed by atoms with Crippen LogP contribution >= 0.6 is 0 Å². The van der Waals surface area contributed by atoms with E-state index in [4.69, 9.17) is 10.5 Å². The molecule has 0 fully saturated rings. The molecule has 0 aliphatic heterocycles. The summed E-state index contributed by atoms with van der Waals surface area (Å²) in [5.41, 5.74) is 7.48. The van der Waals surface area contributed by atoms with E-state index in [1.165, 1.54) is 0 Å². The topological polar surface area (TPSA) is 55.6 Å². The van der Waals surface area contributed by atoms with Crippen LogP contribution in [-0.2, 0) is 9.53 Å². The normalized spacial score (nSPS) is 12.4. The predicted molar refractivity (Wildman–Crippen MR) is 87.2 cm³/mol. The Morgan fingerprint density at radius 1 is 1.33 bits per heavy atom. The summed E-state index contributed by atoms with van der Waals surface area (Å²) in [5.74, 6) is -0.0442. The van der Waals surface area contributed by atoms with Gasteiger partial charge in [0, 0.05) is 25.4 Å². The molecule has 1 aromatic carbocycles. The Hall–Kier alpha value is -1.55. The van der Waals surface area contributed by atoms with Gasteiger partial charge in [0.15, 0.2) is 0 Å². The van der Waals surface area contributed by atoms with Gasteiger partial charge in [-0.15, -0.1) is 0 Å². The van der Waals surface area contributed by atoms with Crippen LogP contribution in [0.3, 0.4) is 0 Å². The van der Waals surface area contributed by atoms with Crippen molar-refractivity contribution in [1.82, 2.24) is 4.90 Å². The molecule has 1 unspecified atom stereocenters. The highest BCUT2D eigenvalue weighted by atomic mass is 16.5. The van der Waals surface area contributed by atoms with Gasteiger partial charge in [-0.3, -0.25) is 4.79 Å². The molecule has 0 heterocycles. The molecule has 21 heavy (non-hydrogen) atoms. The minimum absolute atomic E-state index is 0.145. The second-order valence-electron chi connectivity index (χ2n) is 5.39. The van der Waals surface area contributed by atoms with Crippen LogP contribution in [-0.4, -0.2) is 37.1 Å². The molecular weight excluding hydrogens is 264 g/mol. The van der Waals surface area contributed by atoms with Crippen molar-refractivity contribution in [3.05, 3.63) is 29.8 Å². The Bertz CT molecular complexity index is 444. The molecule has 2 N–H and O–H groups in total. The van der Waals surface area contributed by atoms with E-state index in [1.54, 1.807) is 7.11 Å².